The number of allylic oxidation sites excluding steroid dienone is 4. The third kappa shape index (κ3) is 6.04. The van der Waals surface area contributed by atoms with Gasteiger partial charge in [-0.1, -0.05) is 68.3 Å². The molecular formula is C32H31Cl2N5O5S2. The van der Waals surface area contributed by atoms with Crippen LogP contribution in [0.1, 0.15) is 75.2 Å². The average molecular weight is 701 g/mol. The van der Waals surface area contributed by atoms with Crippen LogP contribution in [0.4, 0.5) is 10.8 Å². The van der Waals surface area contributed by atoms with Crippen molar-refractivity contribution < 1.29 is 22.8 Å². The molecular weight excluding hydrogens is 669 g/mol. The first-order valence-electron chi connectivity index (χ1n) is 14.5. The molecule has 0 fully saturated rings. The molecule has 1 aromatic heterocycles. The number of ketones is 2. The van der Waals surface area contributed by atoms with Gasteiger partial charge in [-0.05, 0) is 65.6 Å². The Hall–Kier alpha value is -3.42. The maximum atomic E-state index is 14.1. The number of amides is 1. The number of anilines is 2. The first-order valence-corrected chi connectivity index (χ1v) is 17.6. The normalized spacial score (nSPS) is 19.7. The van der Waals surface area contributed by atoms with Gasteiger partial charge in [0.25, 0.3) is 15.9 Å². The molecule has 6 rings (SSSR count). The molecule has 0 unspecified atom stereocenters. The van der Waals surface area contributed by atoms with Crippen molar-refractivity contribution in [3.8, 4) is 0 Å². The summed E-state index contributed by atoms with van der Waals surface area (Å²) in [6.45, 7) is 8.22. The zero-order valence-electron chi connectivity index (χ0n) is 25.5. The first kappa shape index (κ1) is 32.5. The van der Waals surface area contributed by atoms with E-state index in [9.17, 15) is 22.8 Å². The molecule has 2 aliphatic carbocycles. The third-order valence-corrected chi connectivity index (χ3v) is 11.2. The standard InChI is InChI=1S/C32H31Cl2N5O5S2/c1-31(2)12-21-26(23(40)14-31)25(19-10-7-17(33)11-20(19)34)27-22(13-32(3,4)15-24(27)41)39(21)18-8-5-16(6-9-18)28(42)36-29-37-38-30(45-29)46(35,43)44/h5-11,25H,12-15H2,1-4H3,(H2,35,43,44)(H,36,37,42). The van der Waals surface area contributed by atoms with Gasteiger partial charge in [0.1, 0.15) is 0 Å². The van der Waals surface area contributed by atoms with Gasteiger partial charge in [0.2, 0.25) is 9.47 Å². The minimum Gasteiger partial charge on any atom is -0.317 e. The monoisotopic (exact) mass is 699 g/mol. The minimum absolute atomic E-state index is 0.0171. The highest BCUT2D eigenvalue weighted by Crippen LogP contribution is 2.56. The average Bonchev–Trinajstić information content (AvgIpc) is 3.40. The summed E-state index contributed by atoms with van der Waals surface area (Å²) >= 11 is 13.7. The number of carbonyl (C=O) groups is 3. The number of rotatable bonds is 5. The fourth-order valence-electron chi connectivity index (χ4n) is 6.63. The molecule has 3 aliphatic rings. The van der Waals surface area contributed by atoms with E-state index in [-0.39, 0.29) is 33.1 Å². The number of nitrogens with one attached hydrogen (secondary N) is 1. The van der Waals surface area contributed by atoms with Crippen LogP contribution in [-0.2, 0) is 19.6 Å². The number of hydrogen-bond acceptors (Lipinski definition) is 9. The summed E-state index contributed by atoms with van der Waals surface area (Å²) in [4.78, 5) is 43.2. The van der Waals surface area contributed by atoms with Gasteiger partial charge < -0.3 is 4.90 Å². The largest absolute Gasteiger partial charge is 0.317 e. The van der Waals surface area contributed by atoms with Crippen molar-refractivity contribution in [3.05, 3.63) is 86.2 Å². The summed E-state index contributed by atoms with van der Waals surface area (Å²) in [5.74, 6) is -1.23. The Morgan fingerprint density at radius 2 is 1.48 bits per heavy atom. The smallest absolute Gasteiger partial charge is 0.267 e. The predicted molar refractivity (Wildman–Crippen MR) is 177 cm³/mol. The molecule has 3 aromatic rings. The highest BCUT2D eigenvalue weighted by molar-refractivity contribution is 7.91. The van der Waals surface area contributed by atoms with E-state index in [1.165, 1.54) is 0 Å². The lowest BCUT2D eigenvalue weighted by Gasteiger charge is -2.49. The molecule has 0 spiro atoms. The van der Waals surface area contributed by atoms with E-state index in [1.807, 2.05) is 4.90 Å². The van der Waals surface area contributed by atoms with Crippen LogP contribution in [0.25, 0.3) is 0 Å². The number of nitrogens with zero attached hydrogens (tertiary/aromatic N) is 3. The molecule has 14 heteroatoms. The topological polar surface area (TPSA) is 152 Å². The molecule has 0 bridgehead atoms. The van der Waals surface area contributed by atoms with Gasteiger partial charge in [-0.3, -0.25) is 19.7 Å². The van der Waals surface area contributed by atoms with E-state index in [4.69, 9.17) is 28.3 Å². The van der Waals surface area contributed by atoms with E-state index >= 15 is 0 Å². The predicted octanol–water partition coefficient (Wildman–Crippen LogP) is 6.63. The van der Waals surface area contributed by atoms with Gasteiger partial charge >= 0.3 is 0 Å². The van der Waals surface area contributed by atoms with Crippen molar-refractivity contribution in [1.29, 1.82) is 0 Å². The molecule has 1 amide bonds. The lowest BCUT2D eigenvalue weighted by Crippen LogP contribution is -2.44. The van der Waals surface area contributed by atoms with Crippen molar-refractivity contribution in [2.24, 2.45) is 16.0 Å². The van der Waals surface area contributed by atoms with Crippen molar-refractivity contribution in [3.63, 3.8) is 0 Å². The summed E-state index contributed by atoms with van der Waals surface area (Å²) < 4.78 is 22.7. The Morgan fingerprint density at radius 3 is 1.98 bits per heavy atom. The number of halogens is 2. The second kappa shape index (κ2) is 11.4. The van der Waals surface area contributed by atoms with Crippen LogP contribution in [0.2, 0.25) is 10.0 Å². The maximum absolute atomic E-state index is 14.1. The van der Waals surface area contributed by atoms with E-state index in [2.05, 4.69) is 43.2 Å². The second-order valence-electron chi connectivity index (χ2n) is 13.5. The number of hydrogen-bond donors (Lipinski definition) is 2. The van der Waals surface area contributed by atoms with Gasteiger partial charge in [-0.2, -0.15) is 0 Å². The molecule has 3 N–H and O–H groups in total. The molecule has 2 aromatic carbocycles. The Morgan fingerprint density at radius 1 is 0.913 bits per heavy atom. The van der Waals surface area contributed by atoms with Crippen molar-refractivity contribution in [2.75, 3.05) is 10.2 Å². The molecule has 10 nitrogen and oxygen atoms in total. The molecule has 0 saturated heterocycles. The highest BCUT2D eigenvalue weighted by Gasteiger charge is 2.49. The quantitative estimate of drug-likeness (QED) is 0.281. The lowest BCUT2D eigenvalue weighted by molar-refractivity contribution is -0.119. The number of carbonyl (C=O) groups excluding carboxylic acids is 3. The molecule has 1 aliphatic heterocycles. The third-order valence-electron chi connectivity index (χ3n) is 8.44. The van der Waals surface area contributed by atoms with Crippen molar-refractivity contribution >= 4 is 72.9 Å². The zero-order chi connectivity index (χ0) is 33.3. The number of sulfonamides is 1. The van der Waals surface area contributed by atoms with E-state index in [0.717, 1.165) is 11.4 Å². The zero-order valence-corrected chi connectivity index (χ0v) is 28.6. The van der Waals surface area contributed by atoms with E-state index in [0.29, 0.717) is 69.5 Å². The first-order chi connectivity index (χ1) is 21.4. The highest BCUT2D eigenvalue weighted by atomic mass is 35.5. The number of Topliss-reactive ketones (excluding diaryl/α,β-unsaturated/α-hetero) is 2. The van der Waals surface area contributed by atoms with Gasteiger partial charge in [0.05, 0.1) is 0 Å². The lowest BCUT2D eigenvalue weighted by atomic mass is 9.63. The Bertz CT molecular complexity index is 1940. The summed E-state index contributed by atoms with van der Waals surface area (Å²) in [5, 5.41) is 15.7. The van der Waals surface area contributed by atoms with Crippen LogP contribution in [0, 0.1) is 10.8 Å². The van der Waals surface area contributed by atoms with E-state index < -0.39 is 26.2 Å². The molecule has 46 heavy (non-hydrogen) atoms. The van der Waals surface area contributed by atoms with Crippen LogP contribution in [-0.4, -0.2) is 36.1 Å². The molecule has 0 saturated carbocycles. The second-order valence-corrected chi connectivity index (χ2v) is 17.0. The molecule has 0 radical (unpaired) electrons. The van der Waals surface area contributed by atoms with Crippen LogP contribution >= 0.6 is 34.5 Å². The minimum atomic E-state index is -4.05. The number of benzene rings is 2. The summed E-state index contributed by atoms with van der Waals surface area (Å²) in [6, 6.07) is 12.0. The Labute approximate surface area is 280 Å². The molecule has 0 atom stereocenters. The maximum Gasteiger partial charge on any atom is 0.267 e. The SMILES string of the molecule is CC1(C)CC(=O)C2=C(C1)N(c1ccc(C(=O)Nc3nnc(S(N)(=O)=O)s3)cc1)C1=C(C(=O)CC(C)(C)C1)C2c1ccc(Cl)cc1Cl. The summed E-state index contributed by atoms with van der Waals surface area (Å²) in [5.41, 5.74) is 3.69. The van der Waals surface area contributed by atoms with Gasteiger partial charge in [-0.25, -0.2) is 13.6 Å². The Balaban J connectivity index is 1.47. The van der Waals surface area contributed by atoms with Crippen LogP contribution in [0.5, 0.6) is 0 Å². The molecule has 240 valence electrons. The number of aromatic nitrogens is 2. The van der Waals surface area contributed by atoms with Crippen LogP contribution in [0.15, 0.2) is 69.3 Å². The summed E-state index contributed by atoms with van der Waals surface area (Å²) in [7, 11) is -4.05. The van der Waals surface area contributed by atoms with Crippen molar-refractivity contribution in [2.45, 2.75) is 63.6 Å². The fourth-order valence-corrected chi connectivity index (χ4v) is 8.48. The van der Waals surface area contributed by atoms with Crippen LogP contribution in [0.3, 0.4) is 0 Å². The van der Waals surface area contributed by atoms with Crippen LogP contribution < -0.4 is 15.4 Å². The van der Waals surface area contributed by atoms with Crippen molar-refractivity contribution in [1.82, 2.24) is 10.2 Å². The number of nitrogens with two attached hydrogens (primary N) is 1. The van der Waals surface area contributed by atoms with Gasteiger partial charge in [-0.15, -0.1) is 10.2 Å². The van der Waals surface area contributed by atoms with E-state index in [1.54, 1.807) is 42.5 Å². The van der Waals surface area contributed by atoms with Gasteiger partial charge in [0.15, 0.2) is 11.6 Å². The van der Waals surface area contributed by atoms with Gasteiger partial charge in [0, 0.05) is 62.6 Å². The molecule has 2 heterocycles. The fraction of sp³-hybridized carbons (Fsp3) is 0.344. The summed E-state index contributed by atoms with van der Waals surface area (Å²) in [6.07, 6.45) is 1.79. The Kier molecular flexibility index (Phi) is 8.04. The number of primary sulfonamides is 1.